The molecule has 5 nitrogen and oxygen atoms in total. The Morgan fingerprint density at radius 1 is 1.09 bits per heavy atom. The maximum Gasteiger partial charge on any atom is 0.294 e. The second-order valence-corrected chi connectivity index (χ2v) is 7.77. The van der Waals surface area contributed by atoms with E-state index >= 15 is 0 Å². The van der Waals surface area contributed by atoms with E-state index in [1.165, 1.54) is 29.2 Å². The zero-order chi connectivity index (χ0) is 22.7. The second kappa shape index (κ2) is 9.24. The van der Waals surface area contributed by atoms with Crippen molar-refractivity contribution in [2.45, 2.75) is 13.5 Å². The summed E-state index contributed by atoms with van der Waals surface area (Å²) in [5.41, 5.74) is 2.58. The summed E-state index contributed by atoms with van der Waals surface area (Å²) in [5.74, 6) is -1.21. The highest BCUT2D eigenvalue weighted by Crippen LogP contribution is 2.36. The number of rotatable bonds is 5. The lowest BCUT2D eigenvalue weighted by Crippen LogP contribution is -2.44. The molecule has 0 fully saturated rings. The summed E-state index contributed by atoms with van der Waals surface area (Å²) in [6.45, 7) is 2.11. The van der Waals surface area contributed by atoms with Crippen molar-refractivity contribution in [3.8, 4) is 5.75 Å². The van der Waals surface area contributed by atoms with Crippen LogP contribution in [0.15, 0.2) is 72.5 Å². The van der Waals surface area contributed by atoms with Gasteiger partial charge in [0.25, 0.3) is 5.91 Å². The minimum absolute atomic E-state index is 0.0423. The Morgan fingerprint density at radius 3 is 2.59 bits per heavy atom. The molecule has 0 atom stereocenters. The van der Waals surface area contributed by atoms with Crippen LogP contribution < -0.4 is 15.0 Å². The topological polar surface area (TPSA) is 58.6 Å². The standard InChI is InChI=1S/C25H20ClFN2O3/c1-16-9-11-17(12-10-16)14-28-24(30)15-29-21-7-2-3-8-22(21)32-23(25(29)31)13-18-19(26)5-4-6-20(18)27/h2-13H,14-15H2,1H3,(H,28,30)/b23-13-. The molecule has 32 heavy (non-hydrogen) atoms. The number of anilines is 1. The minimum atomic E-state index is -0.581. The quantitative estimate of drug-likeness (QED) is 0.564. The van der Waals surface area contributed by atoms with Gasteiger partial charge in [-0.3, -0.25) is 14.5 Å². The molecule has 1 heterocycles. The third-order valence-corrected chi connectivity index (χ3v) is 5.35. The second-order valence-electron chi connectivity index (χ2n) is 7.37. The fourth-order valence-electron chi connectivity index (χ4n) is 3.30. The molecule has 3 aromatic rings. The van der Waals surface area contributed by atoms with Gasteiger partial charge in [0.05, 0.1) is 10.7 Å². The van der Waals surface area contributed by atoms with Crippen LogP contribution in [0.2, 0.25) is 5.02 Å². The van der Waals surface area contributed by atoms with Crippen LogP contribution in [-0.2, 0) is 16.1 Å². The van der Waals surface area contributed by atoms with E-state index in [9.17, 15) is 14.0 Å². The van der Waals surface area contributed by atoms with Crippen LogP contribution in [0.3, 0.4) is 0 Å². The van der Waals surface area contributed by atoms with Gasteiger partial charge in [-0.05, 0) is 42.8 Å². The lowest BCUT2D eigenvalue weighted by molar-refractivity contribution is -0.123. The molecule has 0 unspecified atom stereocenters. The number of nitrogens with one attached hydrogen (secondary N) is 1. The number of aryl methyl sites for hydroxylation is 1. The third-order valence-electron chi connectivity index (χ3n) is 5.02. The number of nitrogens with zero attached hydrogens (tertiary/aromatic N) is 1. The molecule has 0 saturated carbocycles. The maximum atomic E-state index is 14.2. The Balaban J connectivity index is 1.57. The first-order valence-corrected chi connectivity index (χ1v) is 10.4. The third kappa shape index (κ3) is 4.65. The van der Waals surface area contributed by atoms with Gasteiger partial charge in [-0.2, -0.15) is 0 Å². The Kier molecular flexibility index (Phi) is 6.23. The zero-order valence-corrected chi connectivity index (χ0v) is 18.0. The number of fused-ring (bicyclic) bond motifs is 1. The molecule has 3 aromatic carbocycles. The molecule has 0 saturated heterocycles. The number of amides is 2. The van der Waals surface area contributed by atoms with Gasteiger partial charge in [-0.1, -0.05) is 59.6 Å². The van der Waals surface area contributed by atoms with E-state index in [-0.39, 0.29) is 28.8 Å². The maximum absolute atomic E-state index is 14.2. The van der Waals surface area contributed by atoms with E-state index in [1.807, 2.05) is 31.2 Å². The Hall–Kier alpha value is -3.64. The molecule has 0 radical (unpaired) electrons. The first-order chi connectivity index (χ1) is 15.4. The summed E-state index contributed by atoms with van der Waals surface area (Å²) in [7, 11) is 0. The van der Waals surface area contributed by atoms with Crippen LogP contribution in [0.5, 0.6) is 5.75 Å². The highest BCUT2D eigenvalue weighted by atomic mass is 35.5. The number of halogens is 2. The molecule has 162 valence electrons. The normalized spacial score (nSPS) is 14.2. The molecule has 0 spiro atoms. The van der Waals surface area contributed by atoms with Gasteiger partial charge in [-0.25, -0.2) is 4.39 Å². The van der Waals surface area contributed by atoms with Crippen molar-refractivity contribution >= 4 is 35.2 Å². The van der Waals surface area contributed by atoms with Crippen LogP contribution in [0, 0.1) is 12.7 Å². The monoisotopic (exact) mass is 450 g/mol. The number of hydrogen-bond acceptors (Lipinski definition) is 3. The molecular weight excluding hydrogens is 431 g/mol. The Morgan fingerprint density at radius 2 is 1.84 bits per heavy atom. The van der Waals surface area contributed by atoms with Gasteiger partial charge >= 0.3 is 0 Å². The van der Waals surface area contributed by atoms with Crippen LogP contribution in [-0.4, -0.2) is 18.4 Å². The van der Waals surface area contributed by atoms with Crippen molar-refractivity contribution < 1.29 is 18.7 Å². The van der Waals surface area contributed by atoms with Crippen molar-refractivity contribution in [1.29, 1.82) is 0 Å². The summed E-state index contributed by atoms with van der Waals surface area (Å²) in [5, 5.41) is 2.97. The van der Waals surface area contributed by atoms with Crippen LogP contribution in [0.4, 0.5) is 10.1 Å². The van der Waals surface area contributed by atoms with Crippen LogP contribution >= 0.6 is 11.6 Å². The van der Waals surface area contributed by atoms with Gasteiger partial charge in [0.2, 0.25) is 5.91 Å². The Labute approximate surface area is 190 Å². The highest BCUT2D eigenvalue weighted by molar-refractivity contribution is 6.32. The van der Waals surface area contributed by atoms with Crippen molar-refractivity contribution in [3.05, 3.63) is 100 Å². The van der Waals surface area contributed by atoms with Crippen molar-refractivity contribution in [2.75, 3.05) is 11.4 Å². The summed E-state index contributed by atoms with van der Waals surface area (Å²) in [6, 6.07) is 18.9. The largest absolute Gasteiger partial charge is 0.449 e. The average Bonchev–Trinajstić information content (AvgIpc) is 2.78. The average molecular weight is 451 g/mol. The summed E-state index contributed by atoms with van der Waals surface area (Å²) in [6.07, 6.45) is 1.26. The molecule has 0 aliphatic carbocycles. The molecule has 1 aliphatic rings. The summed E-state index contributed by atoms with van der Waals surface area (Å²) < 4.78 is 20.0. The van der Waals surface area contributed by atoms with E-state index in [0.717, 1.165) is 11.1 Å². The van der Waals surface area contributed by atoms with Gasteiger partial charge in [0, 0.05) is 12.1 Å². The molecule has 1 aliphatic heterocycles. The zero-order valence-electron chi connectivity index (χ0n) is 17.3. The molecule has 0 bridgehead atoms. The van der Waals surface area contributed by atoms with E-state index < -0.39 is 11.7 Å². The van der Waals surface area contributed by atoms with Gasteiger partial charge in [0.15, 0.2) is 11.5 Å². The van der Waals surface area contributed by atoms with E-state index in [1.54, 1.807) is 24.3 Å². The fourth-order valence-corrected chi connectivity index (χ4v) is 3.52. The SMILES string of the molecule is Cc1ccc(CNC(=O)CN2C(=O)/C(=C/c3c(F)cccc3Cl)Oc3ccccc32)cc1. The number of hydrogen-bond donors (Lipinski definition) is 1. The lowest BCUT2D eigenvalue weighted by Gasteiger charge is -2.30. The number of ether oxygens (including phenoxy) is 1. The number of carbonyl (C=O) groups excluding carboxylic acids is 2. The molecular formula is C25H20ClFN2O3. The van der Waals surface area contributed by atoms with Crippen molar-refractivity contribution in [1.82, 2.24) is 5.32 Å². The molecule has 0 aromatic heterocycles. The molecule has 2 amide bonds. The van der Waals surface area contributed by atoms with Gasteiger partial charge in [0.1, 0.15) is 12.4 Å². The van der Waals surface area contributed by atoms with Crippen LogP contribution in [0.1, 0.15) is 16.7 Å². The fraction of sp³-hybridized carbons (Fsp3) is 0.120. The molecule has 7 heteroatoms. The van der Waals surface area contributed by atoms with Crippen LogP contribution in [0.25, 0.3) is 6.08 Å². The van der Waals surface area contributed by atoms with E-state index in [4.69, 9.17) is 16.3 Å². The van der Waals surface area contributed by atoms with E-state index in [2.05, 4.69) is 5.32 Å². The van der Waals surface area contributed by atoms with Crippen molar-refractivity contribution in [3.63, 3.8) is 0 Å². The predicted molar refractivity (Wildman–Crippen MR) is 122 cm³/mol. The summed E-state index contributed by atoms with van der Waals surface area (Å²) in [4.78, 5) is 27.1. The predicted octanol–water partition coefficient (Wildman–Crippen LogP) is 4.87. The molecule has 1 N–H and O–H groups in total. The smallest absolute Gasteiger partial charge is 0.294 e. The first-order valence-electron chi connectivity index (χ1n) is 9.99. The van der Waals surface area contributed by atoms with Gasteiger partial charge in [-0.15, -0.1) is 0 Å². The highest BCUT2D eigenvalue weighted by Gasteiger charge is 2.32. The first kappa shape index (κ1) is 21.6. The van der Waals surface area contributed by atoms with Crippen molar-refractivity contribution in [2.24, 2.45) is 0 Å². The minimum Gasteiger partial charge on any atom is -0.449 e. The number of para-hydroxylation sites is 2. The number of benzene rings is 3. The summed E-state index contributed by atoms with van der Waals surface area (Å²) >= 11 is 6.10. The van der Waals surface area contributed by atoms with E-state index in [0.29, 0.717) is 18.0 Å². The lowest BCUT2D eigenvalue weighted by atomic mass is 10.1. The number of carbonyl (C=O) groups is 2. The molecule has 4 rings (SSSR count). The Bertz CT molecular complexity index is 1190. The van der Waals surface area contributed by atoms with Gasteiger partial charge < -0.3 is 10.1 Å².